The van der Waals surface area contributed by atoms with Gasteiger partial charge in [0.1, 0.15) is 0 Å². The van der Waals surface area contributed by atoms with E-state index in [2.05, 4.69) is 10.3 Å². The van der Waals surface area contributed by atoms with Crippen LogP contribution in [0.2, 0.25) is 0 Å². The first-order valence-electron chi connectivity index (χ1n) is 3.70. The molecule has 0 fully saturated rings. The fraction of sp³-hybridized carbons (Fsp3) is 0.375. The Morgan fingerprint density at radius 2 is 2.36 bits per heavy atom. The van der Waals surface area contributed by atoms with Crippen LogP contribution in [-0.2, 0) is 17.8 Å². The molecule has 0 atom stereocenters. The first-order valence-corrected chi connectivity index (χ1v) is 3.70. The Bertz CT molecular complexity index is 301. The first kappa shape index (κ1) is 6.46. The first-order chi connectivity index (χ1) is 5.27. The molecule has 0 radical (unpaired) electrons. The molecule has 0 saturated heterocycles. The Hall–Kier alpha value is -1.25. The van der Waals surface area contributed by atoms with E-state index < -0.39 is 0 Å². The number of nitrogens with one attached hydrogen (secondary N) is 2. The van der Waals surface area contributed by atoms with Crippen molar-refractivity contribution in [1.82, 2.24) is 10.3 Å². The summed E-state index contributed by atoms with van der Waals surface area (Å²) >= 11 is 0. The summed E-state index contributed by atoms with van der Waals surface area (Å²) < 4.78 is 0. The molecule has 58 valence electrons. The lowest BCUT2D eigenvalue weighted by Crippen LogP contribution is -2.30. The molecule has 0 spiro atoms. The van der Waals surface area contributed by atoms with E-state index in [9.17, 15) is 4.79 Å². The number of rotatable bonds is 0. The van der Waals surface area contributed by atoms with Gasteiger partial charge in [0.25, 0.3) is 0 Å². The van der Waals surface area contributed by atoms with Crippen LogP contribution in [0, 0.1) is 6.92 Å². The number of amides is 1. The maximum Gasteiger partial charge on any atom is 0.224 e. The van der Waals surface area contributed by atoms with Crippen molar-refractivity contribution in [3.63, 3.8) is 0 Å². The summed E-state index contributed by atoms with van der Waals surface area (Å²) in [6.45, 7) is 2.68. The Morgan fingerprint density at radius 3 is 3.18 bits per heavy atom. The smallest absolute Gasteiger partial charge is 0.224 e. The van der Waals surface area contributed by atoms with E-state index in [-0.39, 0.29) is 5.91 Å². The summed E-state index contributed by atoms with van der Waals surface area (Å²) in [4.78, 5) is 14.1. The fourth-order valence-electron chi connectivity index (χ4n) is 1.42. The third kappa shape index (κ3) is 0.926. The van der Waals surface area contributed by atoms with Crippen molar-refractivity contribution < 1.29 is 4.79 Å². The number of H-pyrrole nitrogens is 1. The van der Waals surface area contributed by atoms with Crippen LogP contribution < -0.4 is 5.32 Å². The molecule has 11 heavy (non-hydrogen) atoms. The van der Waals surface area contributed by atoms with Crippen LogP contribution in [0.5, 0.6) is 0 Å². The zero-order chi connectivity index (χ0) is 7.84. The second-order valence-corrected chi connectivity index (χ2v) is 2.88. The summed E-state index contributed by atoms with van der Waals surface area (Å²) in [6.07, 6.45) is 2.48. The average Bonchev–Trinajstić information content (AvgIpc) is 2.33. The van der Waals surface area contributed by atoms with Crippen molar-refractivity contribution >= 4 is 5.91 Å². The normalized spacial score (nSPS) is 15.9. The minimum absolute atomic E-state index is 0.125. The zero-order valence-corrected chi connectivity index (χ0v) is 6.40. The number of hydrogen-bond donors (Lipinski definition) is 2. The van der Waals surface area contributed by atoms with Gasteiger partial charge in [0.2, 0.25) is 5.91 Å². The second kappa shape index (κ2) is 2.12. The maximum atomic E-state index is 11.0. The summed E-state index contributed by atoms with van der Waals surface area (Å²) in [5.41, 5.74) is 3.52. The highest BCUT2D eigenvalue weighted by molar-refractivity contribution is 5.80. The molecule has 2 N–H and O–H groups in total. The Balaban J connectivity index is 2.45. The van der Waals surface area contributed by atoms with Crippen LogP contribution in [0.25, 0.3) is 0 Å². The highest BCUT2D eigenvalue weighted by atomic mass is 16.1. The number of carbonyl (C=O) groups excluding carboxylic acids is 1. The lowest BCUT2D eigenvalue weighted by molar-refractivity contribution is -0.121. The predicted molar refractivity (Wildman–Crippen MR) is 41.1 cm³/mol. The van der Waals surface area contributed by atoms with Crippen molar-refractivity contribution in [2.45, 2.75) is 19.9 Å². The van der Waals surface area contributed by atoms with Gasteiger partial charge in [-0.2, -0.15) is 0 Å². The molecular weight excluding hydrogens is 140 g/mol. The average molecular weight is 150 g/mol. The predicted octanol–water partition coefficient (Wildman–Crippen LogP) is 0.495. The van der Waals surface area contributed by atoms with Crippen LogP contribution in [0.15, 0.2) is 6.20 Å². The van der Waals surface area contributed by atoms with E-state index in [0.29, 0.717) is 13.0 Å². The molecular formula is C8H10N2O. The molecule has 3 nitrogen and oxygen atoms in total. The van der Waals surface area contributed by atoms with Gasteiger partial charge in [-0.1, -0.05) is 0 Å². The molecule has 0 aliphatic carbocycles. The van der Waals surface area contributed by atoms with E-state index >= 15 is 0 Å². The molecule has 0 bridgehead atoms. The fourth-order valence-corrected chi connectivity index (χ4v) is 1.42. The standard InChI is InChI=1S/C8H10N2O/c1-5-3-9-7-4-10-8(11)2-6(5)7/h3,9H,2,4H2,1H3,(H,10,11). The van der Waals surface area contributed by atoms with Crippen molar-refractivity contribution in [1.29, 1.82) is 0 Å². The highest BCUT2D eigenvalue weighted by Crippen LogP contribution is 2.16. The molecule has 0 unspecified atom stereocenters. The molecule has 2 rings (SSSR count). The third-order valence-corrected chi connectivity index (χ3v) is 2.10. The van der Waals surface area contributed by atoms with Gasteiger partial charge >= 0.3 is 0 Å². The van der Waals surface area contributed by atoms with E-state index in [1.807, 2.05) is 13.1 Å². The summed E-state index contributed by atoms with van der Waals surface area (Å²) in [6, 6.07) is 0. The van der Waals surface area contributed by atoms with Crippen LogP contribution in [0.1, 0.15) is 16.8 Å². The number of aromatic amines is 1. The van der Waals surface area contributed by atoms with Crippen LogP contribution in [0.3, 0.4) is 0 Å². The van der Waals surface area contributed by atoms with Gasteiger partial charge < -0.3 is 10.3 Å². The molecule has 2 heterocycles. The lowest BCUT2D eigenvalue weighted by atomic mass is 10.1. The summed E-state index contributed by atoms with van der Waals surface area (Å²) in [7, 11) is 0. The topological polar surface area (TPSA) is 44.9 Å². The lowest BCUT2D eigenvalue weighted by Gasteiger charge is -2.12. The van der Waals surface area contributed by atoms with Gasteiger partial charge in [-0.05, 0) is 18.1 Å². The van der Waals surface area contributed by atoms with E-state index in [0.717, 1.165) is 5.69 Å². The maximum absolute atomic E-state index is 11.0. The van der Waals surface area contributed by atoms with Crippen molar-refractivity contribution in [2.24, 2.45) is 0 Å². The van der Waals surface area contributed by atoms with Crippen LogP contribution in [-0.4, -0.2) is 10.9 Å². The Labute approximate surface area is 64.8 Å². The Kier molecular flexibility index (Phi) is 1.24. The molecule has 1 aliphatic heterocycles. The summed E-state index contributed by atoms with van der Waals surface area (Å²) in [5, 5.41) is 2.78. The van der Waals surface area contributed by atoms with Gasteiger partial charge in [0, 0.05) is 11.9 Å². The van der Waals surface area contributed by atoms with Crippen molar-refractivity contribution in [2.75, 3.05) is 0 Å². The highest BCUT2D eigenvalue weighted by Gasteiger charge is 2.17. The quantitative estimate of drug-likeness (QED) is 0.555. The van der Waals surface area contributed by atoms with Crippen LogP contribution >= 0.6 is 0 Å². The largest absolute Gasteiger partial charge is 0.363 e. The minimum Gasteiger partial charge on any atom is -0.363 e. The molecule has 1 amide bonds. The van der Waals surface area contributed by atoms with Gasteiger partial charge in [-0.25, -0.2) is 0 Å². The minimum atomic E-state index is 0.125. The molecule has 1 aromatic heterocycles. The third-order valence-electron chi connectivity index (χ3n) is 2.10. The SMILES string of the molecule is Cc1c[nH]c2c1CC(=O)NC2. The van der Waals surface area contributed by atoms with E-state index in [4.69, 9.17) is 0 Å². The molecule has 3 heteroatoms. The molecule has 1 aliphatic rings. The number of aromatic nitrogens is 1. The number of carbonyl (C=O) groups is 1. The number of fused-ring (bicyclic) bond motifs is 1. The summed E-state index contributed by atoms with van der Waals surface area (Å²) in [5.74, 6) is 0.125. The molecule has 0 saturated carbocycles. The van der Waals surface area contributed by atoms with Gasteiger partial charge in [0.05, 0.1) is 13.0 Å². The van der Waals surface area contributed by atoms with E-state index in [1.165, 1.54) is 11.1 Å². The molecule has 1 aromatic rings. The van der Waals surface area contributed by atoms with Gasteiger partial charge in [-0.15, -0.1) is 0 Å². The van der Waals surface area contributed by atoms with E-state index in [1.54, 1.807) is 0 Å². The van der Waals surface area contributed by atoms with Crippen LogP contribution in [0.4, 0.5) is 0 Å². The van der Waals surface area contributed by atoms with Crippen molar-refractivity contribution in [3.8, 4) is 0 Å². The Morgan fingerprint density at radius 1 is 1.55 bits per heavy atom. The zero-order valence-electron chi connectivity index (χ0n) is 6.40. The number of aryl methyl sites for hydroxylation is 1. The van der Waals surface area contributed by atoms with Gasteiger partial charge in [-0.3, -0.25) is 4.79 Å². The second-order valence-electron chi connectivity index (χ2n) is 2.88. The number of hydrogen-bond acceptors (Lipinski definition) is 1. The van der Waals surface area contributed by atoms with Crippen molar-refractivity contribution in [3.05, 3.63) is 23.0 Å². The monoisotopic (exact) mass is 150 g/mol. The van der Waals surface area contributed by atoms with Gasteiger partial charge in [0.15, 0.2) is 0 Å². The molecule has 0 aromatic carbocycles.